The molecule has 0 aliphatic heterocycles. The van der Waals surface area contributed by atoms with Gasteiger partial charge in [0, 0.05) is 6.08 Å². The number of esters is 1. The number of carbonyl (C=O) groups is 2. The molecular weight excluding hydrogens is 192 g/mol. The van der Waals surface area contributed by atoms with E-state index >= 15 is 0 Å². The van der Waals surface area contributed by atoms with Crippen LogP contribution in [-0.4, -0.2) is 36.3 Å². The Bertz CT molecular complexity index is 202. The van der Waals surface area contributed by atoms with Crippen molar-refractivity contribution in [3.63, 3.8) is 0 Å². The molecule has 0 aromatic heterocycles. The van der Waals surface area contributed by atoms with Crippen LogP contribution in [0.4, 0.5) is 0 Å². The van der Waals surface area contributed by atoms with Crippen molar-refractivity contribution in [1.82, 2.24) is 0 Å². The molecule has 0 amide bonds. The molecule has 0 aromatic carbocycles. The van der Waals surface area contributed by atoms with E-state index in [1.165, 1.54) is 0 Å². The lowest BCUT2D eigenvalue weighted by Gasteiger charge is -2.04. The van der Waals surface area contributed by atoms with Crippen LogP contribution >= 0.6 is 0 Å². The lowest BCUT2D eigenvalue weighted by atomic mass is 10.6. The normalized spacial score (nSPS) is 11.8. The average molecular weight is 204 g/mol. The minimum atomic E-state index is -1.07. The standard InChI is InChI=1S/C8H12O4S/c1-3-8(11)12-4-5-13(2)6-7(9)10/h3H,1,4-6H2,2H3. The van der Waals surface area contributed by atoms with Gasteiger partial charge in [0.25, 0.3) is 0 Å². The Kier molecular flexibility index (Phi) is 6.05. The van der Waals surface area contributed by atoms with Crippen molar-refractivity contribution in [3.05, 3.63) is 12.7 Å². The van der Waals surface area contributed by atoms with Gasteiger partial charge in [-0.1, -0.05) is 6.58 Å². The Morgan fingerprint density at radius 3 is 2.69 bits per heavy atom. The van der Waals surface area contributed by atoms with Gasteiger partial charge in [-0.2, -0.15) is 0 Å². The maximum absolute atomic E-state index is 10.5. The van der Waals surface area contributed by atoms with Crippen LogP contribution in [0.25, 0.3) is 0 Å². The van der Waals surface area contributed by atoms with Crippen molar-refractivity contribution in [1.29, 1.82) is 0 Å². The summed E-state index contributed by atoms with van der Waals surface area (Å²) in [6.45, 7) is 3.46. The highest BCUT2D eigenvalue weighted by molar-refractivity contribution is 7.96. The van der Waals surface area contributed by atoms with Crippen LogP contribution in [0.5, 0.6) is 0 Å². The molecule has 1 unspecified atom stereocenters. The molecule has 0 aliphatic carbocycles. The topological polar surface area (TPSA) is 66.4 Å². The molecule has 0 heterocycles. The summed E-state index contributed by atoms with van der Waals surface area (Å²) in [5.74, 6) is -0.981. The molecule has 13 heavy (non-hydrogen) atoms. The third-order valence-corrected chi connectivity index (χ3v) is 2.80. The summed E-state index contributed by atoms with van der Waals surface area (Å²) in [6.07, 6.45) is 2.87. The molecule has 0 aliphatic rings. The van der Waals surface area contributed by atoms with Gasteiger partial charge in [0.15, 0.2) is 0 Å². The van der Waals surface area contributed by atoms with Gasteiger partial charge >= 0.3 is 5.97 Å². The Labute approximate surface area is 79.9 Å². The molecule has 0 N–H and O–H groups in total. The Morgan fingerprint density at radius 2 is 2.23 bits per heavy atom. The van der Waals surface area contributed by atoms with E-state index in [0.29, 0.717) is 5.75 Å². The summed E-state index contributed by atoms with van der Waals surface area (Å²) < 4.78 is 4.68. The van der Waals surface area contributed by atoms with E-state index in [-0.39, 0.29) is 23.3 Å². The first-order valence-corrected chi connectivity index (χ1v) is 5.61. The molecule has 0 radical (unpaired) electrons. The number of aliphatic carboxylic acids is 1. The van der Waals surface area contributed by atoms with Crippen LogP contribution < -0.4 is 5.11 Å². The maximum Gasteiger partial charge on any atom is 0.330 e. The molecule has 5 heteroatoms. The van der Waals surface area contributed by atoms with Crippen molar-refractivity contribution < 1.29 is 19.4 Å². The van der Waals surface area contributed by atoms with E-state index in [0.717, 1.165) is 6.08 Å². The first kappa shape index (κ1) is 12.0. The fraction of sp³-hybridized carbons (Fsp3) is 0.500. The Hall–Kier alpha value is -0.970. The van der Waals surface area contributed by atoms with E-state index in [2.05, 4.69) is 11.3 Å². The number of carboxylic acid groups (broad SMARTS) is 1. The number of carbonyl (C=O) groups excluding carboxylic acids is 2. The molecule has 0 saturated heterocycles. The second-order valence-electron chi connectivity index (χ2n) is 2.37. The van der Waals surface area contributed by atoms with Gasteiger partial charge < -0.3 is 14.6 Å². The summed E-state index contributed by atoms with van der Waals surface area (Å²) >= 11 is 0. The van der Waals surface area contributed by atoms with E-state index in [1.54, 1.807) is 6.26 Å². The highest BCUT2D eigenvalue weighted by Crippen LogP contribution is 1.91. The molecule has 0 rings (SSSR count). The molecule has 4 nitrogen and oxygen atoms in total. The highest BCUT2D eigenvalue weighted by atomic mass is 32.2. The summed E-state index contributed by atoms with van der Waals surface area (Å²) in [7, 11) is -0.292. The van der Waals surface area contributed by atoms with Crippen molar-refractivity contribution in [3.8, 4) is 0 Å². The van der Waals surface area contributed by atoms with E-state index < -0.39 is 11.9 Å². The van der Waals surface area contributed by atoms with Crippen LogP contribution in [0.15, 0.2) is 12.7 Å². The minimum Gasteiger partial charge on any atom is -0.545 e. The first-order valence-electron chi connectivity index (χ1n) is 3.64. The lowest BCUT2D eigenvalue weighted by Crippen LogP contribution is -2.32. The predicted octanol–water partition coefficient (Wildman–Crippen LogP) is -1.29. The summed E-state index contributed by atoms with van der Waals surface area (Å²) in [5, 5.41) is 10.1. The van der Waals surface area contributed by atoms with Gasteiger partial charge in [0.05, 0.1) is 12.2 Å². The summed E-state index contributed by atoms with van der Waals surface area (Å²) in [4.78, 5) is 20.7. The summed E-state index contributed by atoms with van der Waals surface area (Å²) in [6, 6.07) is 0. The number of hydrogen-bond acceptors (Lipinski definition) is 4. The lowest BCUT2D eigenvalue weighted by molar-refractivity contribution is -0.301. The first-order chi connectivity index (χ1) is 6.06. The monoisotopic (exact) mass is 204 g/mol. The molecule has 1 atom stereocenters. The van der Waals surface area contributed by atoms with E-state index in [4.69, 9.17) is 0 Å². The fourth-order valence-electron chi connectivity index (χ4n) is 0.617. The van der Waals surface area contributed by atoms with Crippen LogP contribution in [0.2, 0.25) is 0 Å². The minimum absolute atomic E-state index is 0.0195. The third kappa shape index (κ3) is 7.39. The number of hydrogen-bond donors (Lipinski definition) is 0. The zero-order valence-electron chi connectivity index (χ0n) is 7.45. The average Bonchev–Trinajstić information content (AvgIpc) is 2.02. The Balaban J connectivity index is 3.47. The Morgan fingerprint density at radius 1 is 1.62 bits per heavy atom. The van der Waals surface area contributed by atoms with Crippen LogP contribution in [0.1, 0.15) is 0 Å². The number of rotatable bonds is 6. The summed E-state index contributed by atoms with van der Waals surface area (Å²) in [5.41, 5.74) is 0. The molecule has 0 bridgehead atoms. The largest absolute Gasteiger partial charge is 0.545 e. The smallest absolute Gasteiger partial charge is 0.330 e. The molecule has 74 valence electrons. The zero-order chi connectivity index (χ0) is 10.3. The quantitative estimate of drug-likeness (QED) is 0.307. The maximum atomic E-state index is 10.5. The van der Waals surface area contributed by atoms with Crippen LogP contribution in [0, 0.1) is 0 Å². The van der Waals surface area contributed by atoms with Crippen LogP contribution in [-0.2, 0) is 25.2 Å². The number of ether oxygens (including phenoxy) is 1. The fourth-order valence-corrected chi connectivity index (χ4v) is 1.53. The van der Waals surface area contributed by atoms with Crippen LogP contribution in [0.3, 0.4) is 0 Å². The van der Waals surface area contributed by atoms with Gasteiger partial charge in [-0.3, -0.25) is 0 Å². The van der Waals surface area contributed by atoms with Gasteiger partial charge in [-0.25, -0.2) is 4.79 Å². The molecule has 0 fully saturated rings. The van der Waals surface area contributed by atoms with Crippen molar-refractivity contribution >= 4 is 22.8 Å². The van der Waals surface area contributed by atoms with Gasteiger partial charge in [0.2, 0.25) is 0 Å². The third-order valence-electron chi connectivity index (χ3n) is 1.21. The van der Waals surface area contributed by atoms with Gasteiger partial charge in [-0.05, 0) is 10.9 Å². The molecule has 0 saturated carbocycles. The van der Waals surface area contributed by atoms with E-state index in [1.807, 2.05) is 0 Å². The molecular formula is C8H12O4S. The van der Waals surface area contributed by atoms with Crippen molar-refractivity contribution in [2.24, 2.45) is 0 Å². The zero-order valence-corrected chi connectivity index (χ0v) is 8.26. The SMILES string of the molecule is C=CC(=O)OCC[S+](C)CC(=O)[O-]. The number of carboxylic acids is 1. The second kappa shape index (κ2) is 6.54. The van der Waals surface area contributed by atoms with E-state index in [9.17, 15) is 14.7 Å². The van der Waals surface area contributed by atoms with Gasteiger partial charge in [0.1, 0.15) is 18.1 Å². The van der Waals surface area contributed by atoms with Gasteiger partial charge in [-0.15, -0.1) is 0 Å². The highest BCUT2D eigenvalue weighted by Gasteiger charge is 2.11. The molecule has 0 spiro atoms. The molecule has 0 aromatic rings. The second-order valence-corrected chi connectivity index (χ2v) is 4.63. The van der Waals surface area contributed by atoms with Crippen molar-refractivity contribution in [2.75, 3.05) is 24.4 Å². The van der Waals surface area contributed by atoms with Crippen molar-refractivity contribution in [2.45, 2.75) is 0 Å². The predicted molar refractivity (Wildman–Crippen MR) is 49.2 cm³/mol.